The van der Waals surface area contributed by atoms with Gasteiger partial charge in [0.2, 0.25) is 0 Å². The van der Waals surface area contributed by atoms with Gasteiger partial charge in [-0.1, -0.05) is 41.4 Å². The maximum atomic E-state index is 12.2. The third-order valence-electron chi connectivity index (χ3n) is 2.74. The van der Waals surface area contributed by atoms with Gasteiger partial charge in [-0.2, -0.15) is 0 Å². The second-order valence-electron chi connectivity index (χ2n) is 4.05. The first-order valence-corrected chi connectivity index (χ1v) is 6.47. The summed E-state index contributed by atoms with van der Waals surface area (Å²) in [7, 11) is 1.59. The Morgan fingerprint density at radius 3 is 2.37 bits per heavy atom. The van der Waals surface area contributed by atoms with Crippen LogP contribution in [0.1, 0.15) is 15.9 Å². The molecule has 2 nitrogen and oxygen atoms in total. The molecule has 2 rings (SSSR count). The largest absolute Gasteiger partial charge is 0.497 e. The van der Waals surface area contributed by atoms with Gasteiger partial charge in [0, 0.05) is 6.42 Å². The van der Waals surface area contributed by atoms with Crippen LogP contribution in [0.3, 0.4) is 0 Å². The minimum Gasteiger partial charge on any atom is -0.497 e. The summed E-state index contributed by atoms with van der Waals surface area (Å²) in [6, 6.07) is 12.4. The molecule has 0 N–H and O–H groups in total. The maximum Gasteiger partial charge on any atom is 0.170 e. The summed E-state index contributed by atoms with van der Waals surface area (Å²) < 4.78 is 5.13. The molecule has 0 radical (unpaired) electrons. The van der Waals surface area contributed by atoms with E-state index < -0.39 is 0 Å². The fourth-order valence-electron chi connectivity index (χ4n) is 1.82. The quantitative estimate of drug-likeness (QED) is 0.780. The molecular weight excluding hydrogens is 283 g/mol. The summed E-state index contributed by atoms with van der Waals surface area (Å²) in [5.41, 5.74) is 1.23. The predicted molar refractivity (Wildman–Crippen MR) is 77.5 cm³/mol. The molecule has 0 unspecified atom stereocenters. The van der Waals surface area contributed by atoms with Crippen LogP contribution < -0.4 is 4.74 Å². The van der Waals surface area contributed by atoms with E-state index in [1.165, 1.54) is 0 Å². The monoisotopic (exact) mass is 294 g/mol. The number of ether oxygens (including phenoxy) is 1. The van der Waals surface area contributed by atoms with E-state index in [1.54, 1.807) is 25.3 Å². The molecule has 0 aromatic heterocycles. The predicted octanol–water partition coefficient (Wildman–Crippen LogP) is 4.43. The maximum absolute atomic E-state index is 12.2. The third-order valence-corrected chi connectivity index (χ3v) is 3.37. The van der Waals surface area contributed by atoms with Crippen LogP contribution in [0.5, 0.6) is 5.75 Å². The topological polar surface area (TPSA) is 26.3 Å². The zero-order valence-electron chi connectivity index (χ0n) is 10.3. The van der Waals surface area contributed by atoms with Crippen molar-refractivity contribution in [3.8, 4) is 5.75 Å². The number of rotatable bonds is 4. The standard InChI is InChI=1S/C15H12Cl2O2/c1-19-11-5-2-4-10(8-11)9-14(18)15-12(16)6-3-7-13(15)17/h2-8H,9H2,1H3. The number of hydrogen-bond acceptors (Lipinski definition) is 2. The number of hydrogen-bond donors (Lipinski definition) is 0. The first-order valence-electron chi connectivity index (χ1n) is 5.72. The van der Waals surface area contributed by atoms with Gasteiger partial charge in [-0.25, -0.2) is 0 Å². The minimum absolute atomic E-state index is 0.108. The fraction of sp³-hybridized carbons (Fsp3) is 0.133. The number of ketones is 1. The summed E-state index contributed by atoms with van der Waals surface area (Å²) in [4.78, 5) is 12.2. The Morgan fingerprint density at radius 1 is 1.11 bits per heavy atom. The van der Waals surface area contributed by atoms with E-state index in [0.29, 0.717) is 15.6 Å². The van der Waals surface area contributed by atoms with Crippen LogP contribution in [0.4, 0.5) is 0 Å². The molecule has 98 valence electrons. The van der Waals surface area contributed by atoms with Gasteiger partial charge in [0.1, 0.15) is 5.75 Å². The van der Waals surface area contributed by atoms with E-state index in [1.807, 2.05) is 24.3 Å². The summed E-state index contributed by atoms with van der Waals surface area (Å²) in [6.07, 6.45) is 0.237. The highest BCUT2D eigenvalue weighted by Gasteiger charge is 2.15. The van der Waals surface area contributed by atoms with E-state index >= 15 is 0 Å². The average Bonchev–Trinajstić information content (AvgIpc) is 2.38. The van der Waals surface area contributed by atoms with E-state index in [2.05, 4.69) is 0 Å². The van der Waals surface area contributed by atoms with E-state index in [4.69, 9.17) is 27.9 Å². The number of carbonyl (C=O) groups is 1. The first kappa shape index (κ1) is 13.9. The highest BCUT2D eigenvalue weighted by atomic mass is 35.5. The Labute approximate surface area is 121 Å². The molecular formula is C15H12Cl2O2. The smallest absolute Gasteiger partial charge is 0.170 e. The average molecular weight is 295 g/mol. The molecule has 0 aliphatic heterocycles. The van der Waals surface area contributed by atoms with Crippen molar-refractivity contribution in [3.63, 3.8) is 0 Å². The second kappa shape index (κ2) is 6.09. The van der Waals surface area contributed by atoms with Crippen molar-refractivity contribution in [2.75, 3.05) is 7.11 Å². The van der Waals surface area contributed by atoms with Crippen molar-refractivity contribution in [3.05, 3.63) is 63.6 Å². The van der Waals surface area contributed by atoms with Crippen LogP contribution in [0.25, 0.3) is 0 Å². The lowest BCUT2D eigenvalue weighted by Crippen LogP contribution is -2.05. The minimum atomic E-state index is -0.108. The van der Waals surface area contributed by atoms with Crippen molar-refractivity contribution >= 4 is 29.0 Å². The lowest BCUT2D eigenvalue weighted by atomic mass is 10.0. The Morgan fingerprint density at radius 2 is 1.74 bits per heavy atom. The van der Waals surface area contributed by atoms with Gasteiger partial charge in [0.05, 0.1) is 22.7 Å². The zero-order valence-corrected chi connectivity index (χ0v) is 11.8. The molecule has 0 bridgehead atoms. The van der Waals surface area contributed by atoms with E-state index in [-0.39, 0.29) is 12.2 Å². The van der Waals surface area contributed by atoms with E-state index in [0.717, 1.165) is 11.3 Å². The summed E-state index contributed by atoms with van der Waals surface area (Å²) in [5.74, 6) is 0.611. The van der Waals surface area contributed by atoms with Crippen molar-refractivity contribution in [2.24, 2.45) is 0 Å². The van der Waals surface area contributed by atoms with E-state index in [9.17, 15) is 4.79 Å². The van der Waals surface area contributed by atoms with Gasteiger partial charge in [0.15, 0.2) is 5.78 Å². The molecule has 0 atom stereocenters. The number of carbonyl (C=O) groups excluding carboxylic acids is 1. The van der Waals surface area contributed by atoms with Crippen LogP contribution in [-0.4, -0.2) is 12.9 Å². The van der Waals surface area contributed by atoms with Crippen molar-refractivity contribution in [2.45, 2.75) is 6.42 Å². The molecule has 4 heteroatoms. The molecule has 0 aliphatic rings. The molecule has 0 saturated carbocycles. The molecule has 0 heterocycles. The van der Waals surface area contributed by atoms with Gasteiger partial charge in [-0.15, -0.1) is 0 Å². The number of benzene rings is 2. The van der Waals surface area contributed by atoms with Crippen molar-refractivity contribution < 1.29 is 9.53 Å². The lowest BCUT2D eigenvalue weighted by molar-refractivity contribution is 0.0993. The second-order valence-corrected chi connectivity index (χ2v) is 4.86. The van der Waals surface area contributed by atoms with Crippen LogP contribution in [0.15, 0.2) is 42.5 Å². The number of halogens is 2. The molecule has 0 fully saturated rings. The molecule has 2 aromatic carbocycles. The Hall–Kier alpha value is -1.51. The highest BCUT2D eigenvalue weighted by Crippen LogP contribution is 2.26. The van der Waals surface area contributed by atoms with Gasteiger partial charge in [0.25, 0.3) is 0 Å². The molecule has 0 saturated heterocycles. The Kier molecular flexibility index (Phi) is 4.46. The van der Waals surface area contributed by atoms with Gasteiger partial charge < -0.3 is 4.74 Å². The number of methoxy groups -OCH3 is 1. The SMILES string of the molecule is COc1cccc(CC(=O)c2c(Cl)cccc2Cl)c1. The van der Waals surface area contributed by atoms with Crippen LogP contribution in [0.2, 0.25) is 10.0 Å². The summed E-state index contributed by atoms with van der Waals surface area (Å²) in [6.45, 7) is 0. The summed E-state index contributed by atoms with van der Waals surface area (Å²) >= 11 is 12.0. The first-order chi connectivity index (χ1) is 9.11. The Balaban J connectivity index is 2.26. The van der Waals surface area contributed by atoms with Crippen molar-refractivity contribution in [1.29, 1.82) is 0 Å². The number of Topliss-reactive ketones (excluding diaryl/α,β-unsaturated/α-hetero) is 1. The van der Waals surface area contributed by atoms with Crippen LogP contribution >= 0.6 is 23.2 Å². The van der Waals surface area contributed by atoms with Crippen LogP contribution in [0, 0.1) is 0 Å². The molecule has 0 aliphatic carbocycles. The molecule has 0 amide bonds. The zero-order chi connectivity index (χ0) is 13.8. The summed E-state index contributed by atoms with van der Waals surface area (Å²) in [5, 5.41) is 0.751. The molecule has 19 heavy (non-hydrogen) atoms. The fourth-order valence-corrected chi connectivity index (χ4v) is 2.43. The van der Waals surface area contributed by atoms with Gasteiger partial charge in [-0.3, -0.25) is 4.79 Å². The Bertz CT molecular complexity index is 589. The normalized spacial score (nSPS) is 10.3. The van der Waals surface area contributed by atoms with Crippen molar-refractivity contribution in [1.82, 2.24) is 0 Å². The highest BCUT2D eigenvalue weighted by molar-refractivity contribution is 6.39. The van der Waals surface area contributed by atoms with Gasteiger partial charge in [-0.05, 0) is 29.8 Å². The van der Waals surface area contributed by atoms with Crippen LogP contribution in [-0.2, 0) is 6.42 Å². The third kappa shape index (κ3) is 3.28. The lowest BCUT2D eigenvalue weighted by Gasteiger charge is -2.07. The van der Waals surface area contributed by atoms with Gasteiger partial charge >= 0.3 is 0 Å². The molecule has 0 spiro atoms. The molecule has 2 aromatic rings.